The van der Waals surface area contributed by atoms with E-state index in [1.54, 1.807) is 6.20 Å². The number of anilines is 1. The molecule has 1 saturated carbocycles. The summed E-state index contributed by atoms with van der Waals surface area (Å²) in [5.41, 5.74) is 3.55. The van der Waals surface area contributed by atoms with Crippen molar-refractivity contribution in [2.75, 3.05) is 31.6 Å². The van der Waals surface area contributed by atoms with Crippen molar-refractivity contribution in [2.45, 2.75) is 18.9 Å². The van der Waals surface area contributed by atoms with Crippen LogP contribution in [0.2, 0.25) is 0 Å². The van der Waals surface area contributed by atoms with Gasteiger partial charge in [0.15, 0.2) is 0 Å². The first-order chi connectivity index (χ1) is 14.8. The molecule has 152 valence electrons. The predicted octanol–water partition coefficient (Wildman–Crippen LogP) is 2.13. The van der Waals surface area contributed by atoms with E-state index in [0.29, 0.717) is 12.0 Å². The summed E-state index contributed by atoms with van der Waals surface area (Å²) in [5, 5.41) is 21.6. The average Bonchev–Trinajstić information content (AvgIpc) is 3.25. The first kappa shape index (κ1) is 17.5. The van der Waals surface area contributed by atoms with Crippen LogP contribution in [-0.4, -0.2) is 72.8 Å². The summed E-state index contributed by atoms with van der Waals surface area (Å²) in [6.07, 6.45) is 10.00. The van der Waals surface area contributed by atoms with Gasteiger partial charge < -0.3 is 4.90 Å². The molecular formula is C21H23N9. The number of H-pyrrole nitrogens is 1. The minimum atomic E-state index is 0.599. The van der Waals surface area contributed by atoms with Gasteiger partial charge in [-0.15, -0.1) is 10.2 Å². The minimum Gasteiger partial charge on any atom is -0.337 e. The summed E-state index contributed by atoms with van der Waals surface area (Å²) in [6, 6.07) is 6.54. The van der Waals surface area contributed by atoms with Gasteiger partial charge in [-0.1, -0.05) is 0 Å². The van der Waals surface area contributed by atoms with E-state index < -0.39 is 0 Å². The first-order valence-electron chi connectivity index (χ1n) is 10.4. The van der Waals surface area contributed by atoms with Crippen molar-refractivity contribution in [2.24, 2.45) is 5.92 Å². The summed E-state index contributed by atoms with van der Waals surface area (Å²) < 4.78 is 1.82. The molecule has 4 aromatic rings. The molecule has 1 aromatic carbocycles. The lowest BCUT2D eigenvalue weighted by Gasteiger charge is -2.39. The Kier molecular flexibility index (Phi) is 4.02. The molecule has 1 saturated heterocycles. The number of fused-ring (bicyclic) bond motifs is 1. The molecule has 0 radical (unpaired) electrons. The van der Waals surface area contributed by atoms with E-state index in [9.17, 15) is 0 Å². The lowest BCUT2D eigenvalue weighted by Crippen LogP contribution is -2.53. The molecule has 30 heavy (non-hydrogen) atoms. The van der Waals surface area contributed by atoms with Crippen molar-refractivity contribution in [1.82, 2.24) is 40.1 Å². The number of nitrogens with one attached hydrogen (secondary N) is 1. The van der Waals surface area contributed by atoms with Gasteiger partial charge in [-0.2, -0.15) is 10.2 Å². The van der Waals surface area contributed by atoms with E-state index in [1.165, 1.54) is 12.8 Å². The predicted molar refractivity (Wildman–Crippen MR) is 113 cm³/mol. The molecule has 1 aliphatic heterocycles. The quantitative estimate of drug-likeness (QED) is 0.560. The maximum absolute atomic E-state index is 4.67. The number of hydrogen-bond donors (Lipinski definition) is 1. The number of likely N-dealkylation sites (N-methyl/N-ethyl adjacent to an activating group) is 1. The maximum atomic E-state index is 4.67. The third-order valence-corrected chi connectivity index (χ3v) is 6.32. The lowest BCUT2D eigenvalue weighted by molar-refractivity contribution is 0.196. The highest BCUT2D eigenvalue weighted by molar-refractivity contribution is 5.97. The van der Waals surface area contributed by atoms with Gasteiger partial charge in [0.05, 0.1) is 23.6 Å². The second kappa shape index (κ2) is 6.88. The topological polar surface area (TPSA) is 91.7 Å². The molecule has 9 heteroatoms. The molecule has 9 nitrogen and oxygen atoms in total. The molecule has 1 N–H and O–H groups in total. The van der Waals surface area contributed by atoms with E-state index in [-0.39, 0.29) is 0 Å². The summed E-state index contributed by atoms with van der Waals surface area (Å²) in [6.45, 7) is 2.95. The number of rotatable bonds is 4. The van der Waals surface area contributed by atoms with Gasteiger partial charge in [-0.3, -0.25) is 10.00 Å². The molecule has 4 heterocycles. The fraction of sp³-hybridized carbons (Fsp3) is 0.381. The Hall–Kier alpha value is -3.33. The fourth-order valence-electron chi connectivity index (χ4n) is 4.46. The second-order valence-corrected chi connectivity index (χ2v) is 8.22. The van der Waals surface area contributed by atoms with Gasteiger partial charge in [0.1, 0.15) is 5.69 Å². The molecule has 0 amide bonds. The molecule has 0 spiro atoms. The molecular weight excluding hydrogens is 378 g/mol. The smallest absolute Gasteiger partial charge is 0.245 e. The highest BCUT2D eigenvalue weighted by atomic mass is 15.4. The second-order valence-electron chi connectivity index (χ2n) is 8.22. The van der Waals surface area contributed by atoms with Crippen LogP contribution in [0.3, 0.4) is 0 Å². The lowest BCUT2D eigenvalue weighted by atomic mass is 10.1. The van der Waals surface area contributed by atoms with Gasteiger partial charge in [0.2, 0.25) is 5.95 Å². The number of hydrogen-bond acceptors (Lipinski definition) is 7. The number of aromatic amines is 1. The number of nitrogens with zero attached hydrogens (tertiary/aromatic N) is 8. The van der Waals surface area contributed by atoms with Crippen LogP contribution < -0.4 is 4.90 Å². The van der Waals surface area contributed by atoms with Crippen LogP contribution in [-0.2, 0) is 0 Å². The van der Waals surface area contributed by atoms with Crippen LogP contribution >= 0.6 is 0 Å². The van der Waals surface area contributed by atoms with Crippen LogP contribution in [0.4, 0.5) is 5.95 Å². The SMILES string of the molecule is CN1CCN(c2ncc(-c3ccc(-n4cccn4)c4[nH]ncc34)nn2)C[C@H]1C1CC1. The summed E-state index contributed by atoms with van der Waals surface area (Å²) in [5.74, 6) is 1.54. The average molecular weight is 401 g/mol. The Morgan fingerprint density at radius 3 is 2.80 bits per heavy atom. The van der Waals surface area contributed by atoms with Gasteiger partial charge in [-0.25, -0.2) is 9.67 Å². The zero-order chi connectivity index (χ0) is 20.1. The Morgan fingerprint density at radius 1 is 1.10 bits per heavy atom. The van der Waals surface area contributed by atoms with Crippen molar-refractivity contribution < 1.29 is 0 Å². The molecule has 3 aromatic heterocycles. The third kappa shape index (κ3) is 2.93. The highest BCUT2D eigenvalue weighted by Crippen LogP contribution is 2.37. The standard InChI is InChI=1S/C21H23N9/c1-28-9-10-29(13-19(28)14-3-4-14)21-22-12-17(25-27-21)15-5-6-18(30-8-2-7-24-30)20-16(15)11-23-26-20/h2,5-8,11-12,14,19H,3-4,9-10,13H2,1H3,(H,23,26)/t19-/m0/s1. The highest BCUT2D eigenvalue weighted by Gasteiger charge is 2.37. The first-order valence-corrected chi connectivity index (χ1v) is 10.4. The van der Waals surface area contributed by atoms with Crippen molar-refractivity contribution in [1.29, 1.82) is 0 Å². The Balaban J connectivity index is 1.30. The molecule has 2 aliphatic rings. The molecule has 1 aliphatic carbocycles. The van der Waals surface area contributed by atoms with E-state index in [1.807, 2.05) is 41.5 Å². The van der Waals surface area contributed by atoms with Gasteiger partial charge in [0.25, 0.3) is 0 Å². The van der Waals surface area contributed by atoms with Crippen molar-refractivity contribution in [3.8, 4) is 16.9 Å². The van der Waals surface area contributed by atoms with Crippen LogP contribution in [0.1, 0.15) is 12.8 Å². The van der Waals surface area contributed by atoms with Gasteiger partial charge >= 0.3 is 0 Å². The molecule has 2 fully saturated rings. The maximum Gasteiger partial charge on any atom is 0.245 e. The number of aromatic nitrogens is 7. The van der Waals surface area contributed by atoms with Gasteiger partial charge in [-0.05, 0) is 44.0 Å². The Bertz CT molecular complexity index is 1160. The van der Waals surface area contributed by atoms with Crippen molar-refractivity contribution in [3.63, 3.8) is 0 Å². The van der Waals surface area contributed by atoms with E-state index >= 15 is 0 Å². The molecule has 0 unspecified atom stereocenters. The molecule has 0 bridgehead atoms. The summed E-state index contributed by atoms with van der Waals surface area (Å²) in [7, 11) is 2.23. The van der Waals surface area contributed by atoms with Crippen molar-refractivity contribution >= 4 is 16.9 Å². The molecule has 6 rings (SSSR count). The monoisotopic (exact) mass is 401 g/mol. The zero-order valence-corrected chi connectivity index (χ0v) is 16.8. The number of piperazine rings is 1. The molecule has 1 atom stereocenters. The van der Waals surface area contributed by atoms with E-state index in [4.69, 9.17) is 0 Å². The van der Waals surface area contributed by atoms with Crippen LogP contribution in [0.25, 0.3) is 27.8 Å². The zero-order valence-electron chi connectivity index (χ0n) is 16.8. The van der Waals surface area contributed by atoms with Crippen LogP contribution in [0.15, 0.2) is 43.0 Å². The largest absolute Gasteiger partial charge is 0.337 e. The fourth-order valence-corrected chi connectivity index (χ4v) is 4.46. The number of benzene rings is 1. The van der Waals surface area contributed by atoms with Crippen molar-refractivity contribution in [3.05, 3.63) is 43.0 Å². The van der Waals surface area contributed by atoms with Crippen LogP contribution in [0.5, 0.6) is 0 Å². The third-order valence-electron chi connectivity index (χ3n) is 6.32. The van der Waals surface area contributed by atoms with Gasteiger partial charge in [0, 0.05) is 49.0 Å². The minimum absolute atomic E-state index is 0.599. The summed E-state index contributed by atoms with van der Waals surface area (Å²) in [4.78, 5) is 9.42. The Morgan fingerprint density at radius 2 is 2.03 bits per heavy atom. The van der Waals surface area contributed by atoms with E-state index in [0.717, 1.165) is 53.4 Å². The van der Waals surface area contributed by atoms with E-state index in [2.05, 4.69) is 47.3 Å². The summed E-state index contributed by atoms with van der Waals surface area (Å²) >= 11 is 0. The Labute approximate surface area is 173 Å². The normalized spacial score (nSPS) is 20.2. The van der Waals surface area contributed by atoms with Crippen LogP contribution in [0, 0.1) is 5.92 Å².